The van der Waals surface area contributed by atoms with Gasteiger partial charge in [-0.2, -0.15) is 13.5 Å². The molecule has 116 valence electrons. The van der Waals surface area contributed by atoms with Gasteiger partial charge in [0.05, 0.1) is 16.3 Å². The summed E-state index contributed by atoms with van der Waals surface area (Å²) in [6, 6.07) is 16.6. The third kappa shape index (κ3) is 3.20. The van der Waals surface area contributed by atoms with E-state index >= 15 is 0 Å². The Morgan fingerprint density at radius 1 is 0.870 bits per heavy atom. The number of hydrogen-bond donors (Lipinski definition) is 2. The van der Waals surface area contributed by atoms with Gasteiger partial charge in [-0.15, -0.1) is 5.11 Å². The van der Waals surface area contributed by atoms with E-state index in [1.807, 2.05) is 24.3 Å². The van der Waals surface area contributed by atoms with Crippen molar-refractivity contribution in [3.05, 3.63) is 60.7 Å². The number of anilines is 1. The van der Waals surface area contributed by atoms with E-state index in [1.54, 1.807) is 18.2 Å². The summed E-state index contributed by atoms with van der Waals surface area (Å²) >= 11 is 0. The quantitative estimate of drug-likeness (QED) is 0.429. The van der Waals surface area contributed by atoms with Gasteiger partial charge in [-0.25, -0.2) is 0 Å². The molecular weight excluding hydrogens is 314 g/mol. The number of azo groups is 1. The molecule has 0 saturated carbocycles. The summed E-state index contributed by atoms with van der Waals surface area (Å²) in [5.74, 6) is 0. The number of rotatable bonds is 3. The molecule has 0 aliphatic rings. The molecule has 0 spiro atoms. The Hall–Kier alpha value is -2.77. The second-order valence-corrected chi connectivity index (χ2v) is 6.31. The van der Waals surface area contributed by atoms with Crippen LogP contribution < -0.4 is 5.73 Å². The molecule has 0 bridgehead atoms. The maximum atomic E-state index is 11.1. The average molecular weight is 327 g/mol. The van der Waals surface area contributed by atoms with E-state index in [9.17, 15) is 8.42 Å². The van der Waals surface area contributed by atoms with Gasteiger partial charge >= 0.3 is 0 Å². The maximum Gasteiger partial charge on any atom is 0.294 e. The molecular formula is C16H13N3O3S. The minimum atomic E-state index is -4.27. The zero-order chi connectivity index (χ0) is 16.4. The minimum absolute atomic E-state index is 0.226. The van der Waals surface area contributed by atoms with Gasteiger partial charge in [0.15, 0.2) is 0 Å². The van der Waals surface area contributed by atoms with E-state index in [0.717, 1.165) is 10.8 Å². The van der Waals surface area contributed by atoms with Gasteiger partial charge in [-0.1, -0.05) is 30.3 Å². The van der Waals surface area contributed by atoms with Gasteiger partial charge in [-0.3, -0.25) is 4.55 Å². The lowest BCUT2D eigenvalue weighted by atomic mass is 10.1. The molecule has 0 amide bonds. The number of nitrogen functional groups attached to an aromatic ring is 1. The van der Waals surface area contributed by atoms with E-state index in [1.165, 1.54) is 18.2 Å². The van der Waals surface area contributed by atoms with E-state index in [-0.39, 0.29) is 4.90 Å². The van der Waals surface area contributed by atoms with E-state index in [0.29, 0.717) is 17.1 Å². The van der Waals surface area contributed by atoms with Crippen LogP contribution in [0.25, 0.3) is 10.8 Å². The molecule has 3 aromatic rings. The van der Waals surface area contributed by atoms with Crippen LogP contribution in [-0.4, -0.2) is 13.0 Å². The monoisotopic (exact) mass is 327 g/mol. The highest BCUT2D eigenvalue weighted by atomic mass is 32.2. The van der Waals surface area contributed by atoms with Crippen LogP contribution in [0.2, 0.25) is 0 Å². The first-order valence-electron chi connectivity index (χ1n) is 6.72. The number of nitrogens with zero attached hydrogens (tertiary/aromatic N) is 2. The van der Waals surface area contributed by atoms with Gasteiger partial charge in [0.25, 0.3) is 10.1 Å². The van der Waals surface area contributed by atoms with Crippen molar-refractivity contribution in [3.63, 3.8) is 0 Å². The van der Waals surface area contributed by atoms with Gasteiger partial charge in [-0.05, 0) is 30.3 Å². The lowest BCUT2D eigenvalue weighted by Gasteiger charge is -2.04. The van der Waals surface area contributed by atoms with Crippen LogP contribution >= 0.6 is 0 Å². The Morgan fingerprint density at radius 2 is 1.61 bits per heavy atom. The first-order valence-corrected chi connectivity index (χ1v) is 8.16. The molecule has 7 heteroatoms. The normalized spacial score (nSPS) is 12.0. The van der Waals surface area contributed by atoms with Gasteiger partial charge < -0.3 is 5.73 Å². The highest BCUT2D eigenvalue weighted by Crippen LogP contribution is 2.31. The highest BCUT2D eigenvalue weighted by Gasteiger charge is 2.09. The fourth-order valence-corrected chi connectivity index (χ4v) is 2.73. The Bertz CT molecular complexity index is 1010. The van der Waals surface area contributed by atoms with Crippen molar-refractivity contribution in [1.82, 2.24) is 0 Å². The van der Waals surface area contributed by atoms with Crippen LogP contribution in [0.3, 0.4) is 0 Å². The molecule has 0 aliphatic carbocycles. The summed E-state index contributed by atoms with van der Waals surface area (Å²) in [6.45, 7) is 0. The molecule has 3 rings (SSSR count). The summed E-state index contributed by atoms with van der Waals surface area (Å²) in [6.07, 6.45) is 0. The second-order valence-electron chi connectivity index (χ2n) is 4.89. The number of benzene rings is 3. The molecule has 0 fully saturated rings. The van der Waals surface area contributed by atoms with Crippen LogP contribution in [0.15, 0.2) is 75.8 Å². The Kier molecular flexibility index (Phi) is 3.81. The molecule has 0 radical (unpaired) electrons. The fourth-order valence-electron chi connectivity index (χ4n) is 2.21. The van der Waals surface area contributed by atoms with Crippen molar-refractivity contribution in [2.24, 2.45) is 10.2 Å². The molecule has 0 atom stereocenters. The smallest absolute Gasteiger partial charge is 0.294 e. The molecule has 0 heterocycles. The largest absolute Gasteiger partial charge is 0.398 e. The number of nitrogens with two attached hydrogens (primary N) is 1. The van der Waals surface area contributed by atoms with Crippen molar-refractivity contribution in [2.45, 2.75) is 4.90 Å². The zero-order valence-electron chi connectivity index (χ0n) is 11.9. The second kappa shape index (κ2) is 5.79. The first kappa shape index (κ1) is 15.1. The highest BCUT2D eigenvalue weighted by molar-refractivity contribution is 7.85. The first-order chi connectivity index (χ1) is 10.9. The Morgan fingerprint density at radius 3 is 2.35 bits per heavy atom. The van der Waals surface area contributed by atoms with Crippen molar-refractivity contribution in [1.29, 1.82) is 0 Å². The van der Waals surface area contributed by atoms with Crippen LogP contribution in [0.1, 0.15) is 0 Å². The van der Waals surface area contributed by atoms with Crippen LogP contribution in [0.5, 0.6) is 0 Å². The summed E-state index contributed by atoms with van der Waals surface area (Å²) in [5, 5.41) is 9.92. The third-order valence-corrected chi connectivity index (χ3v) is 4.17. The fraction of sp³-hybridized carbons (Fsp3) is 0. The number of fused-ring (bicyclic) bond motifs is 1. The Labute approximate surface area is 133 Å². The maximum absolute atomic E-state index is 11.1. The molecule has 6 nitrogen and oxygen atoms in total. The van der Waals surface area contributed by atoms with Crippen molar-refractivity contribution in [3.8, 4) is 0 Å². The Balaban J connectivity index is 2.03. The van der Waals surface area contributed by atoms with Gasteiger partial charge in [0.2, 0.25) is 0 Å². The third-order valence-electron chi connectivity index (χ3n) is 3.32. The zero-order valence-corrected chi connectivity index (χ0v) is 12.7. The van der Waals surface area contributed by atoms with E-state index < -0.39 is 10.1 Å². The topological polar surface area (TPSA) is 105 Å². The summed E-state index contributed by atoms with van der Waals surface area (Å²) in [7, 11) is -4.27. The standard InChI is InChI=1S/C16H13N3O3S/c17-15-8-9-16(14-7-2-1-6-13(14)15)19-18-11-4-3-5-12(10-11)23(20,21)22/h1-10H,17H2,(H,20,21,22)/b19-18+. The van der Waals surface area contributed by atoms with Crippen LogP contribution in [0, 0.1) is 0 Å². The molecule has 0 saturated heterocycles. The minimum Gasteiger partial charge on any atom is -0.398 e. The molecule has 0 aromatic heterocycles. The SMILES string of the molecule is Nc1ccc(/N=N/c2cccc(S(=O)(=O)O)c2)c2ccccc12. The lowest BCUT2D eigenvalue weighted by molar-refractivity contribution is 0.483. The van der Waals surface area contributed by atoms with Crippen molar-refractivity contribution >= 4 is 38.0 Å². The van der Waals surface area contributed by atoms with Crippen molar-refractivity contribution in [2.75, 3.05) is 5.73 Å². The molecule has 0 aliphatic heterocycles. The van der Waals surface area contributed by atoms with Gasteiger partial charge in [0, 0.05) is 16.5 Å². The predicted molar refractivity (Wildman–Crippen MR) is 88.8 cm³/mol. The van der Waals surface area contributed by atoms with Crippen molar-refractivity contribution < 1.29 is 13.0 Å². The molecule has 0 unspecified atom stereocenters. The lowest BCUT2D eigenvalue weighted by Crippen LogP contribution is -1.96. The molecule has 23 heavy (non-hydrogen) atoms. The van der Waals surface area contributed by atoms with E-state index in [2.05, 4.69) is 10.2 Å². The van der Waals surface area contributed by atoms with Gasteiger partial charge in [0.1, 0.15) is 0 Å². The predicted octanol–water partition coefficient (Wildman–Crippen LogP) is 4.08. The summed E-state index contributed by atoms with van der Waals surface area (Å²) in [4.78, 5) is -0.226. The summed E-state index contributed by atoms with van der Waals surface area (Å²) < 4.78 is 31.3. The average Bonchev–Trinajstić information content (AvgIpc) is 2.54. The summed E-state index contributed by atoms with van der Waals surface area (Å²) in [5.41, 5.74) is 7.52. The number of hydrogen-bond acceptors (Lipinski definition) is 5. The molecule has 3 N–H and O–H groups in total. The van der Waals surface area contributed by atoms with Crippen LogP contribution in [-0.2, 0) is 10.1 Å². The van der Waals surface area contributed by atoms with E-state index in [4.69, 9.17) is 10.3 Å². The molecule has 3 aromatic carbocycles. The van der Waals surface area contributed by atoms with Crippen LogP contribution in [0.4, 0.5) is 17.1 Å².